The van der Waals surface area contributed by atoms with Gasteiger partial charge < -0.3 is 14.5 Å². The average molecular weight is 401 g/mol. The Kier molecular flexibility index (Phi) is 6.45. The third-order valence-corrected chi connectivity index (χ3v) is 5.59. The smallest absolute Gasteiger partial charge is 0.227 e. The van der Waals surface area contributed by atoms with Crippen LogP contribution in [0.5, 0.6) is 0 Å². The van der Waals surface area contributed by atoms with Gasteiger partial charge >= 0.3 is 0 Å². The molecule has 1 aliphatic rings. The second-order valence-electron chi connectivity index (χ2n) is 7.72. The Morgan fingerprint density at radius 2 is 1.50 bits per heavy atom. The van der Waals surface area contributed by atoms with Crippen molar-refractivity contribution < 1.29 is 9.53 Å². The Hall–Kier alpha value is -3.11. The molecule has 4 heteroatoms. The zero-order valence-corrected chi connectivity index (χ0v) is 17.5. The molecule has 1 aliphatic heterocycles. The van der Waals surface area contributed by atoms with E-state index in [4.69, 9.17) is 4.74 Å². The predicted molar refractivity (Wildman–Crippen MR) is 122 cm³/mol. The van der Waals surface area contributed by atoms with Crippen molar-refractivity contribution in [2.75, 3.05) is 38.3 Å². The number of carbonyl (C=O) groups excluding carboxylic acids is 1. The van der Waals surface area contributed by atoms with Gasteiger partial charge in [0.1, 0.15) is 0 Å². The van der Waals surface area contributed by atoms with E-state index < -0.39 is 0 Å². The summed E-state index contributed by atoms with van der Waals surface area (Å²) < 4.78 is 5.48. The minimum atomic E-state index is 0.124. The number of morpholine rings is 1. The van der Waals surface area contributed by atoms with E-state index in [9.17, 15) is 4.79 Å². The first-order valence-electron chi connectivity index (χ1n) is 10.5. The second kappa shape index (κ2) is 9.59. The molecule has 154 valence electrons. The Balaban J connectivity index is 1.40. The molecule has 0 unspecified atom stereocenters. The van der Waals surface area contributed by atoms with Crippen molar-refractivity contribution in [2.45, 2.75) is 13.0 Å². The molecular weight excluding hydrogens is 372 g/mol. The highest BCUT2D eigenvalue weighted by Crippen LogP contribution is 2.23. The number of carbonyl (C=O) groups is 1. The fraction of sp³-hybridized carbons (Fsp3) is 0.269. The zero-order chi connectivity index (χ0) is 20.8. The highest BCUT2D eigenvalue weighted by Gasteiger charge is 2.17. The standard InChI is InChI=1S/C26H28N2O2/c1-27(20-24-9-5-6-10-25(24)28-15-17-30-18-16-28)26(29)19-21-11-13-23(14-12-21)22-7-3-2-4-8-22/h2-14H,15-20H2,1H3. The first kappa shape index (κ1) is 20.2. The fourth-order valence-corrected chi connectivity index (χ4v) is 3.86. The number of anilines is 1. The number of benzene rings is 3. The fourth-order valence-electron chi connectivity index (χ4n) is 3.86. The first-order chi connectivity index (χ1) is 14.7. The molecule has 0 aliphatic carbocycles. The predicted octanol–water partition coefficient (Wildman–Crippen LogP) is 4.39. The molecule has 0 radical (unpaired) electrons. The maximum atomic E-state index is 12.9. The largest absolute Gasteiger partial charge is 0.378 e. The van der Waals surface area contributed by atoms with Gasteiger partial charge in [-0.1, -0.05) is 72.8 Å². The van der Waals surface area contributed by atoms with E-state index in [-0.39, 0.29) is 5.91 Å². The van der Waals surface area contributed by atoms with Crippen LogP contribution >= 0.6 is 0 Å². The summed E-state index contributed by atoms with van der Waals surface area (Å²) in [6, 6.07) is 26.9. The van der Waals surface area contributed by atoms with Crippen molar-refractivity contribution in [1.29, 1.82) is 0 Å². The molecule has 3 aromatic rings. The van der Waals surface area contributed by atoms with Crippen molar-refractivity contribution in [3.8, 4) is 11.1 Å². The van der Waals surface area contributed by atoms with Crippen LogP contribution < -0.4 is 4.90 Å². The third-order valence-electron chi connectivity index (χ3n) is 5.59. The van der Waals surface area contributed by atoms with Crippen molar-refractivity contribution in [3.05, 3.63) is 90.0 Å². The van der Waals surface area contributed by atoms with Crippen molar-refractivity contribution in [1.82, 2.24) is 4.90 Å². The number of rotatable bonds is 6. The van der Waals surface area contributed by atoms with Crippen molar-refractivity contribution in [2.24, 2.45) is 0 Å². The topological polar surface area (TPSA) is 32.8 Å². The zero-order valence-electron chi connectivity index (χ0n) is 17.5. The first-order valence-corrected chi connectivity index (χ1v) is 10.5. The molecule has 0 bridgehead atoms. The van der Waals surface area contributed by atoms with Crippen LogP contribution in [-0.2, 0) is 22.5 Å². The summed E-state index contributed by atoms with van der Waals surface area (Å²) in [5, 5.41) is 0. The van der Waals surface area contributed by atoms with Gasteiger partial charge in [0.05, 0.1) is 19.6 Å². The molecule has 4 nitrogen and oxygen atoms in total. The van der Waals surface area contributed by atoms with Crippen LogP contribution in [0.1, 0.15) is 11.1 Å². The molecule has 1 saturated heterocycles. The number of nitrogens with zero attached hydrogens (tertiary/aromatic N) is 2. The maximum absolute atomic E-state index is 12.9. The summed E-state index contributed by atoms with van der Waals surface area (Å²) in [5.74, 6) is 0.124. The monoisotopic (exact) mass is 400 g/mol. The van der Waals surface area contributed by atoms with E-state index in [0.717, 1.165) is 31.9 Å². The summed E-state index contributed by atoms with van der Waals surface area (Å²) >= 11 is 0. The maximum Gasteiger partial charge on any atom is 0.227 e. The van der Waals surface area contributed by atoms with Crippen molar-refractivity contribution >= 4 is 11.6 Å². The van der Waals surface area contributed by atoms with E-state index >= 15 is 0 Å². The molecule has 4 rings (SSSR count). The highest BCUT2D eigenvalue weighted by atomic mass is 16.5. The molecule has 1 fully saturated rings. The summed E-state index contributed by atoms with van der Waals surface area (Å²) in [4.78, 5) is 17.0. The van der Waals surface area contributed by atoms with Gasteiger partial charge in [-0.2, -0.15) is 0 Å². The van der Waals surface area contributed by atoms with Gasteiger partial charge in [0.15, 0.2) is 0 Å². The molecule has 0 spiro atoms. The van der Waals surface area contributed by atoms with E-state index in [0.29, 0.717) is 13.0 Å². The molecule has 0 aromatic heterocycles. The van der Waals surface area contributed by atoms with Crippen LogP contribution in [-0.4, -0.2) is 44.2 Å². The van der Waals surface area contributed by atoms with Crippen LogP contribution in [0.4, 0.5) is 5.69 Å². The number of likely N-dealkylation sites (N-methyl/N-ethyl adjacent to an activating group) is 1. The van der Waals surface area contributed by atoms with Crippen molar-refractivity contribution in [3.63, 3.8) is 0 Å². The van der Waals surface area contributed by atoms with Gasteiger partial charge in [-0.25, -0.2) is 0 Å². The van der Waals surface area contributed by atoms with Crippen LogP contribution in [0, 0.1) is 0 Å². The lowest BCUT2D eigenvalue weighted by Gasteiger charge is -2.31. The minimum absolute atomic E-state index is 0.124. The number of para-hydroxylation sites is 1. The molecule has 0 atom stereocenters. The van der Waals surface area contributed by atoms with E-state index in [1.807, 2.05) is 36.2 Å². The number of hydrogen-bond donors (Lipinski definition) is 0. The lowest BCUT2D eigenvalue weighted by atomic mass is 10.0. The summed E-state index contributed by atoms with van der Waals surface area (Å²) in [6.07, 6.45) is 0.408. The number of ether oxygens (including phenoxy) is 1. The van der Waals surface area contributed by atoms with E-state index in [1.54, 1.807) is 0 Å². The number of hydrogen-bond acceptors (Lipinski definition) is 3. The second-order valence-corrected chi connectivity index (χ2v) is 7.72. The lowest BCUT2D eigenvalue weighted by Crippen LogP contribution is -2.37. The lowest BCUT2D eigenvalue weighted by molar-refractivity contribution is -0.129. The molecule has 1 amide bonds. The highest BCUT2D eigenvalue weighted by molar-refractivity contribution is 5.79. The van der Waals surface area contributed by atoms with E-state index in [1.165, 1.54) is 22.4 Å². The van der Waals surface area contributed by atoms with Crippen LogP contribution in [0.3, 0.4) is 0 Å². The quantitative estimate of drug-likeness (QED) is 0.615. The average Bonchev–Trinajstić information content (AvgIpc) is 2.81. The number of amides is 1. The van der Waals surface area contributed by atoms with Crippen LogP contribution in [0.15, 0.2) is 78.9 Å². The van der Waals surface area contributed by atoms with Gasteiger partial charge in [0, 0.05) is 32.4 Å². The van der Waals surface area contributed by atoms with Crippen LogP contribution in [0.25, 0.3) is 11.1 Å². The normalized spacial score (nSPS) is 13.8. The van der Waals surface area contributed by atoms with Gasteiger partial charge in [0.25, 0.3) is 0 Å². The SMILES string of the molecule is CN(Cc1ccccc1N1CCOCC1)C(=O)Cc1ccc(-c2ccccc2)cc1. The molecule has 3 aromatic carbocycles. The molecule has 0 saturated carbocycles. The Morgan fingerprint density at radius 1 is 0.867 bits per heavy atom. The molecule has 1 heterocycles. The third kappa shape index (κ3) is 4.89. The summed E-state index contributed by atoms with van der Waals surface area (Å²) in [5.41, 5.74) is 5.77. The minimum Gasteiger partial charge on any atom is -0.378 e. The van der Waals surface area contributed by atoms with Gasteiger partial charge in [0.2, 0.25) is 5.91 Å². The molecule has 30 heavy (non-hydrogen) atoms. The van der Waals surface area contributed by atoms with E-state index in [2.05, 4.69) is 59.5 Å². The Labute approximate surface area is 178 Å². The summed E-state index contributed by atoms with van der Waals surface area (Å²) in [6.45, 7) is 3.89. The Morgan fingerprint density at radius 3 is 2.23 bits per heavy atom. The molecular formula is C26H28N2O2. The summed E-state index contributed by atoms with van der Waals surface area (Å²) in [7, 11) is 1.89. The van der Waals surface area contributed by atoms with Gasteiger partial charge in [-0.05, 0) is 28.3 Å². The molecule has 0 N–H and O–H groups in total. The van der Waals surface area contributed by atoms with Crippen LogP contribution in [0.2, 0.25) is 0 Å². The Bertz CT molecular complexity index is 964. The van der Waals surface area contributed by atoms with Gasteiger partial charge in [-0.3, -0.25) is 4.79 Å². The van der Waals surface area contributed by atoms with Gasteiger partial charge in [-0.15, -0.1) is 0 Å².